The van der Waals surface area contributed by atoms with Gasteiger partial charge in [-0.3, -0.25) is 4.79 Å². The van der Waals surface area contributed by atoms with Gasteiger partial charge in [0.05, 0.1) is 11.7 Å². The van der Waals surface area contributed by atoms with Crippen LogP contribution in [-0.2, 0) is 0 Å². The molecule has 0 spiro atoms. The molecule has 0 unspecified atom stereocenters. The van der Waals surface area contributed by atoms with Crippen LogP contribution >= 0.6 is 11.8 Å². The molecule has 33 heavy (non-hydrogen) atoms. The van der Waals surface area contributed by atoms with Crippen molar-refractivity contribution in [3.8, 4) is 11.5 Å². The number of anilines is 2. The topological polar surface area (TPSA) is 77.4 Å². The van der Waals surface area contributed by atoms with E-state index in [9.17, 15) is 18.0 Å². The Kier molecular flexibility index (Phi) is 5.35. The minimum absolute atomic E-state index is 0.0764. The fourth-order valence-electron chi connectivity index (χ4n) is 3.97. The Bertz CT molecular complexity index is 1210. The molecular formula is C22H19F3N4O3S. The van der Waals surface area contributed by atoms with E-state index in [1.807, 2.05) is 18.4 Å². The fourth-order valence-corrected chi connectivity index (χ4v) is 4.52. The first-order valence-corrected chi connectivity index (χ1v) is 11.3. The summed E-state index contributed by atoms with van der Waals surface area (Å²) in [5, 5.41) is 9.83. The van der Waals surface area contributed by atoms with Crippen LogP contribution in [0.2, 0.25) is 0 Å². The van der Waals surface area contributed by atoms with Crippen LogP contribution in [0.15, 0.2) is 53.4 Å². The van der Waals surface area contributed by atoms with Gasteiger partial charge in [0.25, 0.3) is 5.91 Å². The van der Waals surface area contributed by atoms with Gasteiger partial charge in [-0.2, -0.15) is 18.3 Å². The minimum Gasteiger partial charge on any atom is -0.454 e. The largest absolute Gasteiger partial charge is 0.454 e. The number of hydrogen-bond donors (Lipinski definition) is 2. The van der Waals surface area contributed by atoms with Gasteiger partial charge in [0, 0.05) is 17.4 Å². The van der Waals surface area contributed by atoms with E-state index in [0.29, 0.717) is 22.7 Å². The smallest absolute Gasteiger partial charge is 0.410 e. The number of fused-ring (bicyclic) bond motifs is 2. The third-order valence-corrected chi connectivity index (χ3v) is 6.37. The van der Waals surface area contributed by atoms with E-state index in [1.165, 1.54) is 17.8 Å². The molecule has 1 amide bonds. The van der Waals surface area contributed by atoms with E-state index in [-0.39, 0.29) is 24.7 Å². The summed E-state index contributed by atoms with van der Waals surface area (Å²) in [6.45, 7) is 0.0764. The predicted octanol–water partition coefficient (Wildman–Crippen LogP) is 5.25. The van der Waals surface area contributed by atoms with Crippen molar-refractivity contribution >= 4 is 29.2 Å². The average molecular weight is 476 g/mol. The fraction of sp³-hybridized carbons (Fsp3) is 0.273. The molecule has 0 fully saturated rings. The van der Waals surface area contributed by atoms with Gasteiger partial charge >= 0.3 is 6.18 Å². The number of halogens is 3. The Morgan fingerprint density at radius 1 is 1.18 bits per heavy atom. The second-order valence-corrected chi connectivity index (χ2v) is 8.46. The molecule has 0 bridgehead atoms. The van der Waals surface area contributed by atoms with Crippen LogP contribution in [0.25, 0.3) is 0 Å². The van der Waals surface area contributed by atoms with Crippen molar-refractivity contribution in [2.75, 3.05) is 23.7 Å². The highest BCUT2D eigenvalue weighted by Gasteiger charge is 2.47. The maximum absolute atomic E-state index is 13.9. The van der Waals surface area contributed by atoms with Gasteiger partial charge in [-0.15, -0.1) is 11.8 Å². The van der Waals surface area contributed by atoms with Crippen molar-refractivity contribution in [1.29, 1.82) is 0 Å². The molecule has 0 aliphatic carbocycles. The molecule has 172 valence electrons. The van der Waals surface area contributed by atoms with Crippen LogP contribution in [0.4, 0.5) is 24.7 Å². The van der Waals surface area contributed by atoms with Gasteiger partial charge in [0.1, 0.15) is 5.82 Å². The molecule has 0 radical (unpaired) electrons. The lowest BCUT2D eigenvalue weighted by atomic mass is 9.96. The van der Waals surface area contributed by atoms with Crippen molar-refractivity contribution in [3.63, 3.8) is 0 Å². The maximum Gasteiger partial charge on any atom is 0.410 e. The Balaban J connectivity index is 1.45. The molecular weight excluding hydrogens is 457 g/mol. The number of amides is 1. The number of carbonyl (C=O) groups excluding carboxylic acids is 1. The van der Waals surface area contributed by atoms with Crippen LogP contribution in [-0.4, -0.2) is 34.9 Å². The summed E-state index contributed by atoms with van der Waals surface area (Å²) in [5.74, 6) is 0.580. The number of rotatable bonds is 4. The van der Waals surface area contributed by atoms with Gasteiger partial charge in [0.2, 0.25) is 6.79 Å². The number of ether oxygens (including phenoxy) is 2. The number of nitrogens with one attached hydrogen (secondary N) is 2. The third-order valence-electron chi connectivity index (χ3n) is 5.58. The number of para-hydroxylation sites is 1. The Labute approximate surface area is 191 Å². The molecule has 5 rings (SSSR count). The zero-order valence-electron chi connectivity index (χ0n) is 17.3. The van der Waals surface area contributed by atoms with Crippen LogP contribution < -0.4 is 20.1 Å². The van der Waals surface area contributed by atoms with Crippen molar-refractivity contribution in [1.82, 2.24) is 9.78 Å². The number of aromatic nitrogens is 2. The quantitative estimate of drug-likeness (QED) is 0.501. The molecule has 3 heterocycles. The molecule has 2 aliphatic rings. The van der Waals surface area contributed by atoms with Gasteiger partial charge in [-0.05, 0) is 36.1 Å². The number of benzene rings is 2. The predicted molar refractivity (Wildman–Crippen MR) is 117 cm³/mol. The zero-order valence-corrected chi connectivity index (χ0v) is 18.2. The molecule has 0 saturated heterocycles. The second kappa shape index (κ2) is 8.22. The molecule has 7 nitrogen and oxygen atoms in total. The normalized spacial score (nSPS) is 19.0. The maximum atomic E-state index is 13.9. The highest BCUT2D eigenvalue weighted by molar-refractivity contribution is 7.98. The highest BCUT2D eigenvalue weighted by atomic mass is 32.2. The molecule has 3 aromatic rings. The van der Waals surface area contributed by atoms with Crippen molar-refractivity contribution in [2.45, 2.75) is 29.6 Å². The number of alkyl halides is 3. The molecule has 2 N–H and O–H groups in total. The van der Waals surface area contributed by atoms with E-state index in [1.54, 1.807) is 30.3 Å². The summed E-state index contributed by atoms with van der Waals surface area (Å²) in [6.07, 6.45) is -2.96. The SMILES string of the molecule is CSc1ccccc1NC(=O)c1cc2n(n1)[C@H](C(F)(F)F)C[C@H](c1ccc3c(c1)OCO3)N2. The number of nitrogens with zero attached hydrogens (tertiary/aromatic N) is 2. The van der Waals surface area contributed by atoms with E-state index in [2.05, 4.69) is 15.7 Å². The molecule has 11 heteroatoms. The van der Waals surface area contributed by atoms with Crippen LogP contribution in [0.5, 0.6) is 11.5 Å². The molecule has 2 atom stereocenters. The van der Waals surface area contributed by atoms with Crippen LogP contribution in [0.3, 0.4) is 0 Å². The Morgan fingerprint density at radius 3 is 2.76 bits per heavy atom. The Hall–Kier alpha value is -3.34. The summed E-state index contributed by atoms with van der Waals surface area (Å²) >= 11 is 1.45. The van der Waals surface area contributed by atoms with Gasteiger partial charge in [-0.1, -0.05) is 18.2 Å². The van der Waals surface area contributed by atoms with Crippen molar-refractivity contribution in [3.05, 3.63) is 59.8 Å². The lowest BCUT2D eigenvalue weighted by Crippen LogP contribution is -2.35. The van der Waals surface area contributed by atoms with Gasteiger partial charge in [0.15, 0.2) is 23.2 Å². The molecule has 2 aromatic carbocycles. The summed E-state index contributed by atoms with van der Waals surface area (Å²) in [7, 11) is 0. The van der Waals surface area contributed by atoms with E-state index in [4.69, 9.17) is 9.47 Å². The van der Waals surface area contributed by atoms with Gasteiger partial charge < -0.3 is 20.1 Å². The first kappa shape index (κ1) is 21.5. The average Bonchev–Trinajstić information content (AvgIpc) is 3.44. The first-order valence-electron chi connectivity index (χ1n) is 10.1. The number of thioether (sulfide) groups is 1. The molecule has 0 saturated carbocycles. The van der Waals surface area contributed by atoms with Crippen molar-refractivity contribution < 1.29 is 27.4 Å². The third kappa shape index (κ3) is 4.08. The van der Waals surface area contributed by atoms with E-state index >= 15 is 0 Å². The zero-order chi connectivity index (χ0) is 23.2. The lowest BCUT2D eigenvalue weighted by Gasteiger charge is -2.33. The first-order chi connectivity index (χ1) is 15.8. The van der Waals surface area contributed by atoms with Crippen LogP contribution in [0, 0.1) is 0 Å². The summed E-state index contributed by atoms with van der Waals surface area (Å²) in [5.41, 5.74) is 1.09. The molecule has 1 aromatic heterocycles. The second-order valence-electron chi connectivity index (χ2n) is 7.62. The van der Waals surface area contributed by atoms with Crippen molar-refractivity contribution in [2.24, 2.45) is 0 Å². The highest BCUT2D eigenvalue weighted by Crippen LogP contribution is 2.45. The summed E-state index contributed by atoms with van der Waals surface area (Å²) in [6, 6.07) is 11.0. The van der Waals surface area contributed by atoms with E-state index in [0.717, 1.165) is 9.58 Å². The monoisotopic (exact) mass is 476 g/mol. The lowest BCUT2D eigenvalue weighted by molar-refractivity contribution is -0.173. The molecule has 2 aliphatic heterocycles. The standard InChI is InChI=1S/C22H19F3N4O3S/c1-33-18-5-3-2-4-13(18)27-21(30)15-10-20-26-14(9-19(22(23,24)25)29(20)28-15)12-6-7-16-17(8-12)32-11-31-16/h2-8,10,14,19,26H,9,11H2,1H3,(H,27,30)/t14-,19+/m1/s1. The van der Waals surface area contributed by atoms with Crippen LogP contribution in [0.1, 0.15) is 34.6 Å². The minimum atomic E-state index is -4.54. The summed E-state index contributed by atoms with van der Waals surface area (Å²) < 4.78 is 53.3. The Morgan fingerprint density at radius 2 is 1.97 bits per heavy atom. The van der Waals surface area contributed by atoms with Gasteiger partial charge in [-0.25, -0.2) is 4.68 Å². The summed E-state index contributed by atoms with van der Waals surface area (Å²) in [4.78, 5) is 13.6. The van der Waals surface area contributed by atoms with E-state index < -0.39 is 24.2 Å². The number of carbonyl (C=O) groups is 1. The number of hydrogen-bond acceptors (Lipinski definition) is 6.